The van der Waals surface area contributed by atoms with E-state index in [-0.39, 0.29) is 11.6 Å². The molecular weight excluding hydrogens is 348 g/mol. The Bertz CT molecular complexity index is 893. The predicted molar refractivity (Wildman–Crippen MR) is 100 cm³/mol. The van der Waals surface area contributed by atoms with E-state index in [0.717, 1.165) is 17.2 Å². The topological polar surface area (TPSA) is 98.5 Å². The second-order valence-electron chi connectivity index (χ2n) is 5.66. The summed E-state index contributed by atoms with van der Waals surface area (Å²) in [6.45, 7) is 2.79. The van der Waals surface area contributed by atoms with Crippen LogP contribution in [0.1, 0.15) is 16.2 Å². The van der Waals surface area contributed by atoms with E-state index in [1.165, 1.54) is 0 Å². The van der Waals surface area contributed by atoms with Crippen LogP contribution in [-0.2, 0) is 0 Å². The lowest BCUT2D eigenvalue weighted by atomic mass is 10.3. The van der Waals surface area contributed by atoms with Gasteiger partial charge in [0.15, 0.2) is 5.82 Å². The Labute approximate surface area is 156 Å². The largest absolute Gasteiger partial charge is 0.497 e. The summed E-state index contributed by atoms with van der Waals surface area (Å²) in [5.74, 6) is 2.15. The lowest BCUT2D eigenvalue weighted by molar-refractivity contribution is 0.102. The first-order valence-electron chi connectivity index (χ1n) is 8.35. The van der Waals surface area contributed by atoms with E-state index in [9.17, 15) is 4.79 Å². The van der Waals surface area contributed by atoms with Crippen LogP contribution in [0.5, 0.6) is 11.5 Å². The molecular formula is C19H20N4O4. The molecule has 0 aliphatic heterocycles. The van der Waals surface area contributed by atoms with Crippen LogP contribution in [0, 0.1) is 6.92 Å². The number of aromatic nitrogens is 2. The van der Waals surface area contributed by atoms with Gasteiger partial charge in [-0.2, -0.15) is 0 Å². The molecule has 2 heterocycles. The van der Waals surface area contributed by atoms with Crippen LogP contribution in [0.2, 0.25) is 0 Å². The molecule has 3 rings (SSSR count). The van der Waals surface area contributed by atoms with Gasteiger partial charge in [0, 0.05) is 24.5 Å². The number of benzene rings is 1. The molecule has 0 unspecified atom stereocenters. The van der Waals surface area contributed by atoms with E-state index in [1.807, 2.05) is 24.3 Å². The lowest BCUT2D eigenvalue weighted by Gasteiger charge is -2.10. The van der Waals surface area contributed by atoms with Gasteiger partial charge in [0.1, 0.15) is 29.6 Å². The molecule has 8 nitrogen and oxygen atoms in total. The molecule has 0 saturated heterocycles. The van der Waals surface area contributed by atoms with Crippen LogP contribution >= 0.6 is 0 Å². The van der Waals surface area contributed by atoms with Gasteiger partial charge in [0.2, 0.25) is 0 Å². The Morgan fingerprint density at radius 2 is 1.93 bits per heavy atom. The number of carbonyl (C=O) groups excluding carboxylic acids is 1. The van der Waals surface area contributed by atoms with Gasteiger partial charge in [-0.1, -0.05) is 5.16 Å². The van der Waals surface area contributed by atoms with Gasteiger partial charge in [-0.15, -0.1) is 0 Å². The molecule has 0 fully saturated rings. The van der Waals surface area contributed by atoms with E-state index in [1.54, 1.807) is 38.4 Å². The third-order valence-electron chi connectivity index (χ3n) is 3.62. The summed E-state index contributed by atoms with van der Waals surface area (Å²) in [4.78, 5) is 16.3. The summed E-state index contributed by atoms with van der Waals surface area (Å²) >= 11 is 0. The van der Waals surface area contributed by atoms with E-state index in [2.05, 4.69) is 20.8 Å². The van der Waals surface area contributed by atoms with Crippen molar-refractivity contribution < 1.29 is 18.8 Å². The predicted octanol–water partition coefficient (Wildman–Crippen LogP) is 3.13. The zero-order valence-electron chi connectivity index (χ0n) is 15.1. The normalized spacial score (nSPS) is 10.3. The fourth-order valence-electron chi connectivity index (χ4n) is 2.31. The monoisotopic (exact) mass is 368 g/mol. The molecule has 1 amide bonds. The molecule has 0 spiro atoms. The highest BCUT2D eigenvalue weighted by Crippen LogP contribution is 2.17. The van der Waals surface area contributed by atoms with Gasteiger partial charge >= 0.3 is 0 Å². The Hall–Kier alpha value is -3.55. The minimum absolute atomic E-state index is 0.275. The van der Waals surface area contributed by atoms with E-state index in [0.29, 0.717) is 24.7 Å². The highest BCUT2D eigenvalue weighted by atomic mass is 16.5. The van der Waals surface area contributed by atoms with Crippen molar-refractivity contribution in [3.8, 4) is 11.5 Å². The summed E-state index contributed by atoms with van der Waals surface area (Å²) in [6, 6.07) is 12.5. The highest BCUT2D eigenvalue weighted by molar-refractivity contribution is 6.02. The first kappa shape index (κ1) is 18.2. The first-order chi connectivity index (χ1) is 13.1. The fraction of sp³-hybridized carbons (Fsp3) is 0.211. The maximum Gasteiger partial charge on any atom is 0.275 e. The van der Waals surface area contributed by atoms with Crippen molar-refractivity contribution in [2.75, 3.05) is 30.9 Å². The molecule has 2 aromatic heterocycles. The van der Waals surface area contributed by atoms with Crippen molar-refractivity contribution in [1.29, 1.82) is 0 Å². The van der Waals surface area contributed by atoms with Gasteiger partial charge in [0.05, 0.1) is 7.11 Å². The van der Waals surface area contributed by atoms with Crippen LogP contribution in [-0.4, -0.2) is 36.3 Å². The molecule has 8 heteroatoms. The number of hydrogen-bond acceptors (Lipinski definition) is 7. The Balaban J connectivity index is 1.49. The minimum atomic E-state index is -0.360. The Morgan fingerprint density at radius 3 is 2.63 bits per heavy atom. The third kappa shape index (κ3) is 5.21. The second kappa shape index (κ2) is 8.70. The van der Waals surface area contributed by atoms with E-state index in [4.69, 9.17) is 14.0 Å². The number of nitrogens with zero attached hydrogens (tertiary/aromatic N) is 2. The van der Waals surface area contributed by atoms with Crippen LogP contribution in [0.3, 0.4) is 0 Å². The van der Waals surface area contributed by atoms with Crippen molar-refractivity contribution in [2.45, 2.75) is 6.92 Å². The van der Waals surface area contributed by atoms with E-state index < -0.39 is 0 Å². The molecule has 0 aliphatic carbocycles. The van der Waals surface area contributed by atoms with Gasteiger partial charge in [-0.25, -0.2) is 0 Å². The molecule has 0 saturated carbocycles. The number of rotatable bonds is 8. The minimum Gasteiger partial charge on any atom is -0.497 e. The van der Waals surface area contributed by atoms with Crippen molar-refractivity contribution >= 4 is 17.4 Å². The van der Waals surface area contributed by atoms with Crippen molar-refractivity contribution in [3.05, 3.63) is 60.1 Å². The molecule has 0 bridgehead atoms. The van der Waals surface area contributed by atoms with Crippen molar-refractivity contribution in [3.63, 3.8) is 0 Å². The number of aryl methyl sites for hydroxylation is 1. The SMILES string of the molecule is COc1ccc(OCCNc2ccnc(C(=O)Nc3cc(C)on3)c2)cc1. The fourth-order valence-corrected chi connectivity index (χ4v) is 2.31. The summed E-state index contributed by atoms with van der Waals surface area (Å²) in [5, 5.41) is 9.56. The molecule has 1 aromatic carbocycles. The molecule has 0 aliphatic rings. The zero-order valence-corrected chi connectivity index (χ0v) is 15.1. The quantitative estimate of drug-likeness (QED) is 0.589. The summed E-state index contributed by atoms with van der Waals surface area (Å²) in [6.07, 6.45) is 1.57. The number of amides is 1. The van der Waals surface area contributed by atoms with Crippen LogP contribution in [0.25, 0.3) is 0 Å². The lowest BCUT2D eigenvalue weighted by Crippen LogP contribution is -2.15. The maximum atomic E-state index is 12.2. The van der Waals surface area contributed by atoms with Gasteiger partial charge in [-0.05, 0) is 43.3 Å². The number of ether oxygens (including phenoxy) is 2. The number of hydrogen-bond donors (Lipinski definition) is 2. The maximum absolute atomic E-state index is 12.2. The number of methoxy groups -OCH3 is 1. The first-order valence-corrected chi connectivity index (χ1v) is 8.35. The Kier molecular flexibility index (Phi) is 5.88. The number of pyridine rings is 1. The average molecular weight is 368 g/mol. The van der Waals surface area contributed by atoms with Crippen LogP contribution < -0.4 is 20.1 Å². The van der Waals surface area contributed by atoms with E-state index >= 15 is 0 Å². The summed E-state index contributed by atoms with van der Waals surface area (Å²) < 4.78 is 15.7. The number of carbonyl (C=O) groups is 1. The van der Waals surface area contributed by atoms with Crippen molar-refractivity contribution in [2.24, 2.45) is 0 Å². The number of anilines is 2. The molecule has 3 aromatic rings. The molecule has 140 valence electrons. The van der Waals surface area contributed by atoms with Gasteiger partial charge < -0.3 is 24.6 Å². The molecule has 2 N–H and O–H groups in total. The van der Waals surface area contributed by atoms with Crippen LogP contribution in [0.4, 0.5) is 11.5 Å². The average Bonchev–Trinajstić information content (AvgIpc) is 3.10. The number of nitrogens with one attached hydrogen (secondary N) is 2. The molecule has 27 heavy (non-hydrogen) atoms. The third-order valence-corrected chi connectivity index (χ3v) is 3.62. The van der Waals surface area contributed by atoms with Gasteiger partial charge in [-0.3, -0.25) is 9.78 Å². The summed E-state index contributed by atoms with van der Waals surface area (Å²) in [7, 11) is 1.62. The second-order valence-corrected chi connectivity index (χ2v) is 5.66. The van der Waals surface area contributed by atoms with Crippen molar-refractivity contribution in [1.82, 2.24) is 10.1 Å². The standard InChI is InChI=1S/C19H20N4O4/c1-13-11-18(23-27-13)22-19(24)17-12-14(7-8-21-17)20-9-10-26-16-5-3-15(25-2)4-6-16/h3-8,11-12H,9-10H2,1-2H3,(H,20,21)(H,22,23,24). The summed E-state index contributed by atoms with van der Waals surface area (Å²) in [5.41, 5.74) is 1.04. The zero-order chi connectivity index (χ0) is 19.1. The van der Waals surface area contributed by atoms with Gasteiger partial charge in [0.25, 0.3) is 5.91 Å². The highest BCUT2D eigenvalue weighted by Gasteiger charge is 2.10. The molecule has 0 radical (unpaired) electrons. The molecule has 0 atom stereocenters. The Morgan fingerprint density at radius 1 is 1.15 bits per heavy atom. The smallest absolute Gasteiger partial charge is 0.275 e. The van der Waals surface area contributed by atoms with Crippen LogP contribution in [0.15, 0.2) is 53.2 Å².